The Balaban J connectivity index is 1.99. The van der Waals surface area contributed by atoms with Crippen molar-refractivity contribution in [1.82, 2.24) is 0 Å². The Morgan fingerprint density at radius 1 is 1.00 bits per heavy atom. The smallest absolute Gasteiger partial charge is 0.0406 e. The molecule has 2 rings (SSSR count). The number of hydrogen-bond donors (Lipinski definition) is 0. The maximum atomic E-state index is 6.44. The van der Waals surface area contributed by atoms with Crippen molar-refractivity contribution in [3.8, 4) is 0 Å². The lowest BCUT2D eigenvalue weighted by Gasteiger charge is -2.19. The Bertz CT molecular complexity index is 318. The average Bonchev–Trinajstić information content (AvgIpc) is 2.48. The predicted molar refractivity (Wildman–Crippen MR) is 71.4 cm³/mol. The average molecular weight is 257 g/mol. The van der Waals surface area contributed by atoms with E-state index in [-0.39, 0.29) is 0 Å². The van der Waals surface area contributed by atoms with Crippen molar-refractivity contribution in [2.45, 2.75) is 43.9 Å². The van der Waals surface area contributed by atoms with Crippen molar-refractivity contribution in [1.29, 1.82) is 0 Å². The maximum absolute atomic E-state index is 6.44. The Labute approximate surface area is 108 Å². The van der Waals surface area contributed by atoms with Crippen LogP contribution in [0.25, 0.3) is 0 Å². The van der Waals surface area contributed by atoms with Gasteiger partial charge in [0, 0.05) is 10.4 Å². The minimum Gasteiger partial charge on any atom is -0.123 e. The molecule has 1 aromatic carbocycles. The lowest BCUT2D eigenvalue weighted by atomic mass is 9.92. The quantitative estimate of drug-likeness (QED) is 0.512. The van der Waals surface area contributed by atoms with Crippen molar-refractivity contribution in [3.63, 3.8) is 0 Å². The standard InChI is InChI=1S/C14H18Cl2/c15-13-8-6-11(7-9-13)10-12-4-2-1-3-5-14(12)16/h6-9,12,14H,1-5,10H2. The molecular formula is C14H18Cl2. The molecular weight excluding hydrogens is 239 g/mol. The molecule has 0 nitrogen and oxygen atoms in total. The first-order chi connectivity index (χ1) is 7.75. The van der Waals surface area contributed by atoms with Crippen LogP contribution in [0.15, 0.2) is 24.3 Å². The zero-order valence-electron chi connectivity index (χ0n) is 9.46. The second-order valence-electron chi connectivity index (χ2n) is 4.74. The van der Waals surface area contributed by atoms with Gasteiger partial charge in [-0.1, -0.05) is 43.0 Å². The Kier molecular flexibility index (Phi) is 4.55. The monoisotopic (exact) mass is 256 g/mol. The SMILES string of the molecule is Clc1ccc(CC2CCCCCC2Cl)cc1. The molecule has 1 saturated carbocycles. The van der Waals surface area contributed by atoms with Crippen LogP contribution in [0.3, 0.4) is 0 Å². The van der Waals surface area contributed by atoms with E-state index in [0.717, 1.165) is 11.4 Å². The lowest BCUT2D eigenvalue weighted by molar-refractivity contribution is 0.465. The molecule has 0 N–H and O–H groups in total. The molecule has 0 saturated heterocycles. The number of alkyl halides is 1. The third-order valence-electron chi connectivity index (χ3n) is 3.48. The van der Waals surface area contributed by atoms with Gasteiger partial charge in [-0.15, -0.1) is 11.6 Å². The molecule has 1 fully saturated rings. The summed E-state index contributed by atoms with van der Waals surface area (Å²) in [5, 5.41) is 1.17. The zero-order chi connectivity index (χ0) is 11.4. The van der Waals surface area contributed by atoms with Crippen molar-refractivity contribution >= 4 is 23.2 Å². The van der Waals surface area contributed by atoms with Gasteiger partial charge >= 0.3 is 0 Å². The van der Waals surface area contributed by atoms with E-state index in [9.17, 15) is 0 Å². The van der Waals surface area contributed by atoms with E-state index in [2.05, 4.69) is 12.1 Å². The van der Waals surface area contributed by atoms with Gasteiger partial charge in [-0.2, -0.15) is 0 Å². The Morgan fingerprint density at radius 3 is 2.44 bits per heavy atom. The Hall–Kier alpha value is -0.200. The summed E-state index contributed by atoms with van der Waals surface area (Å²) in [5.74, 6) is 0.644. The van der Waals surface area contributed by atoms with Crippen LogP contribution in [0, 0.1) is 5.92 Å². The van der Waals surface area contributed by atoms with E-state index >= 15 is 0 Å². The summed E-state index contributed by atoms with van der Waals surface area (Å²) in [6, 6.07) is 8.18. The molecule has 2 atom stereocenters. The molecule has 1 aliphatic rings. The highest BCUT2D eigenvalue weighted by atomic mass is 35.5. The molecule has 0 heterocycles. The lowest BCUT2D eigenvalue weighted by Crippen LogP contribution is -2.15. The summed E-state index contributed by atoms with van der Waals surface area (Å²) in [6.07, 6.45) is 7.54. The first kappa shape index (κ1) is 12.3. The van der Waals surface area contributed by atoms with Gasteiger partial charge in [0.25, 0.3) is 0 Å². The second-order valence-corrected chi connectivity index (χ2v) is 5.74. The molecule has 0 radical (unpaired) electrons. The normalized spacial score (nSPS) is 26.4. The number of benzene rings is 1. The molecule has 0 aromatic heterocycles. The molecule has 2 heteroatoms. The van der Waals surface area contributed by atoms with E-state index in [1.807, 2.05) is 12.1 Å². The maximum Gasteiger partial charge on any atom is 0.0406 e. The van der Waals surface area contributed by atoms with Gasteiger partial charge in [0.2, 0.25) is 0 Å². The van der Waals surface area contributed by atoms with Gasteiger partial charge in [-0.3, -0.25) is 0 Å². The van der Waals surface area contributed by atoms with Crippen LogP contribution in [-0.4, -0.2) is 5.38 Å². The van der Waals surface area contributed by atoms with Crippen LogP contribution >= 0.6 is 23.2 Å². The van der Waals surface area contributed by atoms with Crippen molar-refractivity contribution < 1.29 is 0 Å². The summed E-state index contributed by atoms with van der Waals surface area (Å²) >= 11 is 12.3. The molecule has 16 heavy (non-hydrogen) atoms. The molecule has 88 valence electrons. The fraction of sp³-hybridized carbons (Fsp3) is 0.571. The topological polar surface area (TPSA) is 0 Å². The molecule has 0 aliphatic heterocycles. The van der Waals surface area contributed by atoms with Gasteiger partial charge in [-0.25, -0.2) is 0 Å². The molecule has 2 unspecified atom stereocenters. The van der Waals surface area contributed by atoms with E-state index in [1.54, 1.807) is 0 Å². The molecule has 1 aromatic rings. The van der Waals surface area contributed by atoms with Crippen molar-refractivity contribution in [2.75, 3.05) is 0 Å². The van der Waals surface area contributed by atoms with Crippen LogP contribution in [0.1, 0.15) is 37.7 Å². The van der Waals surface area contributed by atoms with Crippen molar-refractivity contribution in [3.05, 3.63) is 34.9 Å². The highest BCUT2D eigenvalue weighted by Crippen LogP contribution is 2.30. The number of rotatable bonds is 2. The minimum absolute atomic E-state index is 0.359. The van der Waals surface area contributed by atoms with Crippen LogP contribution in [-0.2, 0) is 6.42 Å². The molecule has 0 bridgehead atoms. The van der Waals surface area contributed by atoms with Crippen LogP contribution in [0.5, 0.6) is 0 Å². The summed E-state index contributed by atoms with van der Waals surface area (Å²) in [5.41, 5.74) is 1.36. The molecule has 1 aliphatic carbocycles. The Morgan fingerprint density at radius 2 is 1.69 bits per heavy atom. The largest absolute Gasteiger partial charge is 0.123 e. The summed E-state index contributed by atoms with van der Waals surface area (Å²) in [6.45, 7) is 0. The second kappa shape index (κ2) is 5.93. The minimum atomic E-state index is 0.359. The van der Waals surface area contributed by atoms with Crippen LogP contribution < -0.4 is 0 Å². The third kappa shape index (κ3) is 3.40. The van der Waals surface area contributed by atoms with E-state index in [1.165, 1.54) is 37.7 Å². The fourth-order valence-electron chi connectivity index (χ4n) is 2.49. The first-order valence-electron chi connectivity index (χ1n) is 6.14. The van der Waals surface area contributed by atoms with Crippen molar-refractivity contribution in [2.24, 2.45) is 5.92 Å². The van der Waals surface area contributed by atoms with Gasteiger partial charge in [0.05, 0.1) is 0 Å². The van der Waals surface area contributed by atoms with E-state index < -0.39 is 0 Å². The zero-order valence-corrected chi connectivity index (χ0v) is 11.0. The van der Waals surface area contributed by atoms with E-state index in [4.69, 9.17) is 23.2 Å². The molecule has 0 amide bonds. The highest BCUT2D eigenvalue weighted by molar-refractivity contribution is 6.30. The van der Waals surface area contributed by atoms with Crippen LogP contribution in [0.2, 0.25) is 5.02 Å². The van der Waals surface area contributed by atoms with Gasteiger partial charge < -0.3 is 0 Å². The van der Waals surface area contributed by atoms with Gasteiger partial charge in [-0.05, 0) is 42.9 Å². The molecule has 0 spiro atoms. The highest BCUT2D eigenvalue weighted by Gasteiger charge is 2.21. The fourth-order valence-corrected chi connectivity index (χ4v) is 2.99. The van der Waals surface area contributed by atoms with E-state index in [0.29, 0.717) is 11.3 Å². The summed E-state index contributed by atoms with van der Waals surface area (Å²) in [4.78, 5) is 0. The third-order valence-corrected chi connectivity index (χ3v) is 4.30. The predicted octanol–water partition coefficient (Wildman–Crippen LogP) is 5.07. The number of halogens is 2. The van der Waals surface area contributed by atoms with Crippen LogP contribution in [0.4, 0.5) is 0 Å². The van der Waals surface area contributed by atoms with Gasteiger partial charge in [0.1, 0.15) is 0 Å². The summed E-state index contributed by atoms with van der Waals surface area (Å²) < 4.78 is 0. The summed E-state index contributed by atoms with van der Waals surface area (Å²) in [7, 11) is 0. The first-order valence-corrected chi connectivity index (χ1v) is 6.95. The number of hydrogen-bond acceptors (Lipinski definition) is 0. The van der Waals surface area contributed by atoms with Gasteiger partial charge in [0.15, 0.2) is 0 Å².